The minimum Gasteiger partial charge on any atom is -0.508 e. The number of aromatic hydroxyl groups is 1. The Morgan fingerprint density at radius 2 is 1.77 bits per heavy atom. The molecule has 1 amide bonds. The summed E-state index contributed by atoms with van der Waals surface area (Å²) in [6, 6.07) is 4.42. The minimum absolute atomic E-state index is 0. The molecule has 0 heterocycles. The largest absolute Gasteiger partial charge is 0.508 e. The summed E-state index contributed by atoms with van der Waals surface area (Å²) in [5.41, 5.74) is 6.45. The van der Waals surface area contributed by atoms with E-state index in [0.29, 0.717) is 12.0 Å². The minimum atomic E-state index is -1.12. The highest BCUT2D eigenvalue weighted by Gasteiger charge is 2.23. The molecule has 7 nitrogen and oxygen atoms in total. The van der Waals surface area contributed by atoms with Crippen molar-refractivity contribution >= 4 is 11.9 Å². The summed E-state index contributed by atoms with van der Waals surface area (Å²) in [7, 11) is 0. The number of carbonyl (C=O) groups excluding carboxylic acids is 1. The first-order chi connectivity index (χ1) is 9.79. The summed E-state index contributed by atoms with van der Waals surface area (Å²) in [6.07, 6.45) is 0.632. The zero-order valence-electron chi connectivity index (χ0n) is 12.7. The zero-order valence-corrected chi connectivity index (χ0v) is 12.7. The lowest BCUT2D eigenvalue weighted by Crippen LogP contribution is -2.49. The van der Waals surface area contributed by atoms with E-state index in [9.17, 15) is 19.8 Å². The van der Waals surface area contributed by atoms with Crippen molar-refractivity contribution in [3.05, 3.63) is 29.8 Å². The van der Waals surface area contributed by atoms with Crippen molar-refractivity contribution in [2.45, 2.75) is 38.8 Å². The van der Waals surface area contributed by atoms with Crippen LogP contribution >= 0.6 is 0 Å². The van der Waals surface area contributed by atoms with Gasteiger partial charge < -0.3 is 26.7 Å². The molecule has 22 heavy (non-hydrogen) atoms. The van der Waals surface area contributed by atoms with Gasteiger partial charge in [-0.3, -0.25) is 4.79 Å². The van der Waals surface area contributed by atoms with E-state index in [1.54, 1.807) is 12.1 Å². The molecule has 1 aromatic carbocycles. The third-order valence-electron chi connectivity index (χ3n) is 3.05. The van der Waals surface area contributed by atoms with E-state index >= 15 is 0 Å². The van der Waals surface area contributed by atoms with E-state index in [2.05, 4.69) is 5.32 Å². The third-order valence-corrected chi connectivity index (χ3v) is 3.05. The predicted octanol–water partition coefficient (Wildman–Crippen LogP) is 0.0528. The predicted molar refractivity (Wildman–Crippen MR) is 82.4 cm³/mol. The molecule has 0 saturated carbocycles. The summed E-state index contributed by atoms with van der Waals surface area (Å²) in [6.45, 7) is 3.89. The molecular formula is C15H24N2O5. The van der Waals surface area contributed by atoms with E-state index in [1.807, 2.05) is 13.8 Å². The maximum Gasteiger partial charge on any atom is 0.326 e. The maximum atomic E-state index is 11.9. The van der Waals surface area contributed by atoms with Crippen LogP contribution in [0.1, 0.15) is 25.8 Å². The van der Waals surface area contributed by atoms with Gasteiger partial charge in [0.05, 0.1) is 6.04 Å². The van der Waals surface area contributed by atoms with Crippen LogP contribution in [-0.4, -0.2) is 39.6 Å². The fraction of sp³-hybridized carbons (Fsp3) is 0.467. The molecule has 2 unspecified atom stereocenters. The average molecular weight is 312 g/mol. The van der Waals surface area contributed by atoms with Crippen LogP contribution in [0.15, 0.2) is 24.3 Å². The standard InChI is InChI=1S/C15H22N2O4.H2O/c1-9(2)7-12(16)14(19)17-13(15(20)21)8-10-3-5-11(18)6-4-10;/h3-6,9,12-13,18H,7-8,16H2,1-2H3,(H,17,19)(H,20,21);1H2. The summed E-state index contributed by atoms with van der Waals surface area (Å²) in [4.78, 5) is 23.1. The van der Waals surface area contributed by atoms with E-state index < -0.39 is 24.0 Å². The van der Waals surface area contributed by atoms with Gasteiger partial charge in [0.1, 0.15) is 11.8 Å². The molecule has 124 valence electrons. The molecule has 0 radical (unpaired) electrons. The molecular weight excluding hydrogens is 288 g/mol. The maximum absolute atomic E-state index is 11.9. The molecule has 0 spiro atoms. The van der Waals surface area contributed by atoms with Gasteiger partial charge in [-0.15, -0.1) is 0 Å². The number of carboxylic acid groups (broad SMARTS) is 1. The third kappa shape index (κ3) is 6.55. The monoisotopic (exact) mass is 312 g/mol. The lowest BCUT2D eigenvalue weighted by molar-refractivity contribution is -0.142. The van der Waals surface area contributed by atoms with Crippen molar-refractivity contribution in [3.8, 4) is 5.75 Å². The Bertz CT molecular complexity index is 487. The average Bonchev–Trinajstić information content (AvgIpc) is 2.39. The number of benzene rings is 1. The molecule has 1 aromatic rings. The molecule has 2 atom stereocenters. The Balaban J connectivity index is 0.00000441. The molecule has 0 aromatic heterocycles. The van der Waals surface area contributed by atoms with Crippen LogP contribution in [0.4, 0.5) is 0 Å². The number of nitrogens with two attached hydrogens (primary N) is 1. The molecule has 7 N–H and O–H groups in total. The van der Waals surface area contributed by atoms with E-state index in [0.717, 1.165) is 0 Å². The number of phenolic OH excluding ortho intramolecular Hbond substituents is 1. The quantitative estimate of drug-likeness (QED) is 0.562. The van der Waals surface area contributed by atoms with Crippen LogP contribution in [-0.2, 0) is 16.0 Å². The number of rotatable bonds is 7. The van der Waals surface area contributed by atoms with Crippen molar-refractivity contribution in [1.82, 2.24) is 5.32 Å². The number of carbonyl (C=O) groups is 2. The molecule has 0 saturated heterocycles. The van der Waals surface area contributed by atoms with E-state index in [4.69, 9.17) is 5.73 Å². The topological polar surface area (TPSA) is 144 Å². The van der Waals surface area contributed by atoms with Crippen molar-refractivity contribution in [3.63, 3.8) is 0 Å². The van der Waals surface area contributed by atoms with Crippen LogP contribution in [0.2, 0.25) is 0 Å². The second-order valence-corrected chi connectivity index (χ2v) is 5.51. The van der Waals surface area contributed by atoms with Gasteiger partial charge in [0.25, 0.3) is 0 Å². The van der Waals surface area contributed by atoms with Crippen LogP contribution in [0.25, 0.3) is 0 Å². The first-order valence-corrected chi connectivity index (χ1v) is 6.86. The molecule has 0 aliphatic carbocycles. The highest BCUT2D eigenvalue weighted by molar-refractivity contribution is 5.86. The van der Waals surface area contributed by atoms with Crippen LogP contribution in [0.3, 0.4) is 0 Å². The summed E-state index contributed by atoms with van der Waals surface area (Å²) in [5.74, 6) is -1.22. The molecule has 1 rings (SSSR count). The highest BCUT2D eigenvalue weighted by atomic mass is 16.4. The van der Waals surface area contributed by atoms with E-state index in [-0.39, 0.29) is 23.6 Å². The fourth-order valence-electron chi connectivity index (χ4n) is 1.96. The van der Waals surface area contributed by atoms with Crippen molar-refractivity contribution in [1.29, 1.82) is 0 Å². The number of hydrogen-bond donors (Lipinski definition) is 4. The summed E-state index contributed by atoms with van der Waals surface area (Å²) in [5, 5.41) is 20.9. The van der Waals surface area contributed by atoms with Crippen molar-refractivity contribution < 1.29 is 25.3 Å². The molecule has 0 bridgehead atoms. The summed E-state index contributed by atoms with van der Waals surface area (Å²) < 4.78 is 0. The molecule has 0 aliphatic heterocycles. The van der Waals surface area contributed by atoms with Crippen LogP contribution in [0.5, 0.6) is 5.75 Å². The van der Waals surface area contributed by atoms with Crippen molar-refractivity contribution in [2.24, 2.45) is 11.7 Å². The van der Waals surface area contributed by atoms with Gasteiger partial charge in [-0.2, -0.15) is 0 Å². The van der Waals surface area contributed by atoms with Gasteiger partial charge in [-0.25, -0.2) is 4.79 Å². The van der Waals surface area contributed by atoms with E-state index in [1.165, 1.54) is 12.1 Å². The Labute approximate surface area is 129 Å². The molecule has 0 aliphatic rings. The van der Waals surface area contributed by atoms with Crippen LogP contribution in [0, 0.1) is 5.92 Å². The highest BCUT2D eigenvalue weighted by Crippen LogP contribution is 2.12. The SMILES string of the molecule is CC(C)CC(N)C(=O)NC(Cc1ccc(O)cc1)C(=O)O.O. The molecule has 7 heteroatoms. The van der Waals surface area contributed by atoms with Crippen molar-refractivity contribution in [2.75, 3.05) is 0 Å². The summed E-state index contributed by atoms with van der Waals surface area (Å²) >= 11 is 0. The van der Waals surface area contributed by atoms with Gasteiger partial charge >= 0.3 is 5.97 Å². The molecule has 0 fully saturated rings. The number of nitrogens with one attached hydrogen (secondary N) is 1. The first-order valence-electron chi connectivity index (χ1n) is 6.86. The van der Waals surface area contributed by atoms with Gasteiger partial charge in [-0.1, -0.05) is 26.0 Å². The zero-order chi connectivity index (χ0) is 16.0. The Morgan fingerprint density at radius 3 is 2.23 bits per heavy atom. The number of carboxylic acids is 1. The normalized spacial score (nSPS) is 13.1. The second-order valence-electron chi connectivity index (χ2n) is 5.51. The van der Waals surface area contributed by atoms with Gasteiger partial charge in [0, 0.05) is 6.42 Å². The number of hydrogen-bond acceptors (Lipinski definition) is 4. The number of aliphatic carboxylic acids is 1. The fourth-order valence-corrected chi connectivity index (χ4v) is 1.96. The Kier molecular flexibility index (Phi) is 8.14. The number of amides is 1. The van der Waals surface area contributed by atoms with Gasteiger partial charge in [0.15, 0.2) is 0 Å². The smallest absolute Gasteiger partial charge is 0.326 e. The first kappa shape index (κ1) is 19.9. The Morgan fingerprint density at radius 1 is 1.23 bits per heavy atom. The second kappa shape index (κ2) is 9.01. The number of phenols is 1. The lowest BCUT2D eigenvalue weighted by Gasteiger charge is -2.19. The Hall–Kier alpha value is -2.12. The van der Waals surface area contributed by atoms with Gasteiger partial charge in [-0.05, 0) is 30.0 Å². The van der Waals surface area contributed by atoms with Gasteiger partial charge in [0.2, 0.25) is 5.91 Å². The van der Waals surface area contributed by atoms with Crippen LogP contribution < -0.4 is 11.1 Å². The lowest BCUT2D eigenvalue weighted by atomic mass is 10.0.